The molecule has 0 aromatic rings. The third kappa shape index (κ3) is 4.61. The summed E-state index contributed by atoms with van der Waals surface area (Å²) in [7, 11) is 0. The molecular weight excluding hydrogens is 144 g/mol. The van der Waals surface area contributed by atoms with Gasteiger partial charge in [-0.05, 0) is 5.92 Å². The number of nitrogens with two attached hydrogens (primary N) is 1. The third-order valence-corrected chi connectivity index (χ3v) is 1.86. The van der Waals surface area contributed by atoms with Gasteiger partial charge in [0.2, 0.25) is 0 Å². The quantitative estimate of drug-likeness (QED) is 0.564. The average molecular weight is 160 g/mol. The molecule has 0 unspecified atom stereocenters. The van der Waals surface area contributed by atoms with Crippen molar-refractivity contribution in [3.63, 3.8) is 0 Å². The number of nitrogens with one attached hydrogen (secondary N) is 1. The highest BCUT2D eigenvalue weighted by Gasteiger charge is 2.10. The van der Waals surface area contributed by atoms with Crippen molar-refractivity contribution in [1.82, 2.24) is 5.32 Å². The van der Waals surface area contributed by atoms with Gasteiger partial charge < -0.3 is 16.2 Å². The Morgan fingerprint density at radius 1 is 1.73 bits per heavy atom. The minimum Gasteiger partial charge on any atom is -0.465 e. The van der Waals surface area contributed by atoms with Crippen LogP contribution in [-0.4, -0.2) is 23.8 Å². The van der Waals surface area contributed by atoms with Crippen LogP contribution in [0.25, 0.3) is 0 Å². The molecule has 0 fully saturated rings. The molecular formula is C7H16N2O2. The smallest absolute Gasteiger partial charge is 0.404 e. The molecule has 0 aromatic carbocycles. The van der Waals surface area contributed by atoms with Gasteiger partial charge in [0.25, 0.3) is 0 Å². The Bertz CT molecular complexity index is 128. The van der Waals surface area contributed by atoms with Gasteiger partial charge in [0, 0.05) is 12.6 Å². The fraction of sp³-hybridized carbons (Fsp3) is 0.857. The standard InChI is InChI=1S/C7H16N2O2/c1-3-5(2)6(8)4-9-7(10)11/h5-6,9H,3-4,8H2,1-2H3,(H,10,11)/t5-,6+/m0/s1. The van der Waals surface area contributed by atoms with E-state index in [0.29, 0.717) is 12.5 Å². The van der Waals surface area contributed by atoms with Crippen LogP contribution < -0.4 is 11.1 Å². The molecule has 2 atom stereocenters. The summed E-state index contributed by atoms with van der Waals surface area (Å²) >= 11 is 0. The molecule has 0 saturated heterocycles. The zero-order valence-corrected chi connectivity index (χ0v) is 7.00. The van der Waals surface area contributed by atoms with Gasteiger partial charge in [-0.1, -0.05) is 20.3 Å². The Hall–Kier alpha value is -0.770. The molecule has 4 N–H and O–H groups in total. The van der Waals surface area contributed by atoms with Gasteiger partial charge in [0.05, 0.1) is 0 Å². The van der Waals surface area contributed by atoms with Gasteiger partial charge in [-0.3, -0.25) is 0 Å². The predicted octanol–water partition coefficient (Wildman–Crippen LogP) is 0.627. The summed E-state index contributed by atoms with van der Waals surface area (Å²) in [4.78, 5) is 10.0. The van der Waals surface area contributed by atoms with E-state index in [0.717, 1.165) is 6.42 Å². The van der Waals surface area contributed by atoms with Crippen molar-refractivity contribution in [2.24, 2.45) is 11.7 Å². The molecule has 0 heterocycles. The number of carbonyl (C=O) groups is 1. The first-order valence-electron chi connectivity index (χ1n) is 3.80. The highest BCUT2D eigenvalue weighted by atomic mass is 16.4. The highest BCUT2D eigenvalue weighted by molar-refractivity contribution is 5.64. The average Bonchev–Trinajstić information content (AvgIpc) is 1.98. The maximum absolute atomic E-state index is 10.0. The van der Waals surface area contributed by atoms with E-state index in [1.54, 1.807) is 0 Å². The van der Waals surface area contributed by atoms with Crippen molar-refractivity contribution in [1.29, 1.82) is 0 Å². The summed E-state index contributed by atoms with van der Waals surface area (Å²) in [5.41, 5.74) is 5.65. The van der Waals surface area contributed by atoms with Crippen molar-refractivity contribution in [2.75, 3.05) is 6.54 Å². The van der Waals surface area contributed by atoms with Crippen molar-refractivity contribution in [3.8, 4) is 0 Å². The van der Waals surface area contributed by atoms with Crippen molar-refractivity contribution in [2.45, 2.75) is 26.3 Å². The molecule has 0 spiro atoms. The van der Waals surface area contributed by atoms with Crippen molar-refractivity contribution in [3.05, 3.63) is 0 Å². The fourth-order valence-corrected chi connectivity index (χ4v) is 0.709. The molecule has 4 nitrogen and oxygen atoms in total. The van der Waals surface area contributed by atoms with E-state index in [4.69, 9.17) is 10.8 Å². The van der Waals surface area contributed by atoms with Crippen LogP contribution in [0.15, 0.2) is 0 Å². The van der Waals surface area contributed by atoms with Crippen LogP contribution in [0.2, 0.25) is 0 Å². The largest absolute Gasteiger partial charge is 0.465 e. The number of carboxylic acid groups (broad SMARTS) is 1. The number of hydrogen-bond acceptors (Lipinski definition) is 2. The molecule has 11 heavy (non-hydrogen) atoms. The normalized spacial score (nSPS) is 15.5. The van der Waals surface area contributed by atoms with E-state index in [1.807, 2.05) is 13.8 Å². The summed E-state index contributed by atoms with van der Waals surface area (Å²) in [6.07, 6.45) is -0.0357. The molecule has 0 aromatic heterocycles. The molecule has 66 valence electrons. The number of hydrogen-bond donors (Lipinski definition) is 3. The number of rotatable bonds is 4. The summed E-state index contributed by atoms with van der Waals surface area (Å²) < 4.78 is 0. The lowest BCUT2D eigenvalue weighted by molar-refractivity contribution is 0.192. The van der Waals surface area contributed by atoms with Crippen LogP contribution in [0.3, 0.4) is 0 Å². The minimum absolute atomic E-state index is 0.0731. The van der Waals surface area contributed by atoms with Gasteiger partial charge in [-0.2, -0.15) is 0 Å². The van der Waals surface area contributed by atoms with Crippen molar-refractivity contribution < 1.29 is 9.90 Å². The van der Waals surface area contributed by atoms with Crippen LogP contribution in [0.4, 0.5) is 4.79 Å². The van der Waals surface area contributed by atoms with Crippen molar-refractivity contribution >= 4 is 6.09 Å². The third-order valence-electron chi connectivity index (χ3n) is 1.86. The molecule has 1 amide bonds. The second-order valence-corrected chi connectivity index (χ2v) is 2.74. The van der Waals surface area contributed by atoms with E-state index in [1.165, 1.54) is 0 Å². The Labute approximate surface area is 66.8 Å². The van der Waals surface area contributed by atoms with Crippen LogP contribution in [0.5, 0.6) is 0 Å². The Morgan fingerprint density at radius 3 is 2.64 bits per heavy atom. The highest BCUT2D eigenvalue weighted by Crippen LogP contribution is 2.03. The lowest BCUT2D eigenvalue weighted by Gasteiger charge is -2.17. The van der Waals surface area contributed by atoms with E-state index < -0.39 is 6.09 Å². The van der Waals surface area contributed by atoms with Crippen LogP contribution in [0.1, 0.15) is 20.3 Å². The molecule has 0 aliphatic rings. The lowest BCUT2D eigenvalue weighted by Crippen LogP contribution is -2.40. The van der Waals surface area contributed by atoms with E-state index in [9.17, 15) is 4.79 Å². The van der Waals surface area contributed by atoms with Crippen LogP contribution in [-0.2, 0) is 0 Å². The minimum atomic E-state index is -1.01. The Balaban J connectivity index is 3.51. The topological polar surface area (TPSA) is 75.3 Å². The zero-order valence-electron chi connectivity index (χ0n) is 7.00. The Kier molecular flexibility index (Phi) is 4.61. The fourth-order valence-electron chi connectivity index (χ4n) is 0.709. The zero-order chi connectivity index (χ0) is 8.85. The molecule has 0 saturated carbocycles. The van der Waals surface area contributed by atoms with Gasteiger partial charge >= 0.3 is 6.09 Å². The van der Waals surface area contributed by atoms with Gasteiger partial charge in [0.15, 0.2) is 0 Å². The molecule has 0 aliphatic heterocycles. The van der Waals surface area contributed by atoms with Gasteiger partial charge in [-0.15, -0.1) is 0 Å². The summed E-state index contributed by atoms with van der Waals surface area (Å²) in [6.45, 7) is 4.38. The maximum atomic E-state index is 10.0. The van der Waals surface area contributed by atoms with Crippen LogP contribution >= 0.6 is 0 Å². The predicted molar refractivity (Wildman–Crippen MR) is 43.5 cm³/mol. The summed E-state index contributed by atoms with van der Waals surface area (Å²) in [5, 5.41) is 10.5. The van der Waals surface area contributed by atoms with Gasteiger partial charge in [0.1, 0.15) is 0 Å². The maximum Gasteiger partial charge on any atom is 0.404 e. The van der Waals surface area contributed by atoms with Gasteiger partial charge in [-0.25, -0.2) is 4.79 Å². The summed E-state index contributed by atoms with van der Waals surface area (Å²) in [6, 6.07) is -0.0731. The first-order chi connectivity index (χ1) is 5.07. The first kappa shape index (κ1) is 10.2. The van der Waals surface area contributed by atoms with E-state index >= 15 is 0 Å². The monoisotopic (exact) mass is 160 g/mol. The van der Waals surface area contributed by atoms with E-state index in [2.05, 4.69) is 5.32 Å². The molecule has 0 rings (SSSR count). The molecule has 0 radical (unpaired) electrons. The molecule has 0 aliphatic carbocycles. The second-order valence-electron chi connectivity index (χ2n) is 2.74. The first-order valence-corrected chi connectivity index (χ1v) is 3.80. The van der Waals surface area contributed by atoms with E-state index in [-0.39, 0.29) is 6.04 Å². The Morgan fingerprint density at radius 2 is 2.27 bits per heavy atom. The SMILES string of the molecule is CC[C@H](C)[C@H](N)CNC(=O)O. The number of amides is 1. The summed E-state index contributed by atoms with van der Waals surface area (Å²) in [5.74, 6) is 0.363. The second kappa shape index (κ2) is 4.96. The molecule has 0 bridgehead atoms. The lowest BCUT2D eigenvalue weighted by atomic mass is 10.0. The van der Waals surface area contributed by atoms with Crippen LogP contribution in [0, 0.1) is 5.92 Å². The molecule has 4 heteroatoms.